The molecule has 0 fully saturated rings. The third-order valence-corrected chi connectivity index (χ3v) is 6.28. The summed E-state index contributed by atoms with van der Waals surface area (Å²) >= 11 is 5.90. The molecule has 1 heterocycles. The maximum absolute atomic E-state index is 12.4. The van der Waals surface area contributed by atoms with Crippen LogP contribution < -0.4 is 20.1 Å². The average molecular weight is 610 g/mol. The van der Waals surface area contributed by atoms with Gasteiger partial charge in [0, 0.05) is 18.2 Å². The van der Waals surface area contributed by atoms with Gasteiger partial charge in [-0.25, -0.2) is 0 Å². The number of alkyl halides is 3. The summed E-state index contributed by atoms with van der Waals surface area (Å²) in [6.07, 6.45) is 7.62. The fourth-order valence-electron chi connectivity index (χ4n) is 4.11. The van der Waals surface area contributed by atoms with Crippen molar-refractivity contribution in [2.45, 2.75) is 72.7 Å². The summed E-state index contributed by atoms with van der Waals surface area (Å²) in [4.78, 5) is 0. The Morgan fingerprint density at radius 3 is 2.33 bits per heavy atom. The molecule has 2 aromatic carbocycles. The number of hydrogen-bond acceptors (Lipinski definition) is 6. The average Bonchev–Trinajstić information content (AvgIpc) is 3.51. The first-order valence-electron chi connectivity index (χ1n) is 14.6. The van der Waals surface area contributed by atoms with Gasteiger partial charge in [-0.1, -0.05) is 63.9 Å². The number of halogens is 4. The summed E-state index contributed by atoms with van der Waals surface area (Å²) in [6, 6.07) is 8.49. The zero-order chi connectivity index (χ0) is 30.8. The van der Waals surface area contributed by atoms with E-state index in [9.17, 15) is 13.2 Å². The first-order valence-corrected chi connectivity index (χ1v) is 14.9. The van der Waals surface area contributed by atoms with Crippen LogP contribution in [-0.4, -0.2) is 47.4 Å². The maximum atomic E-state index is 12.4. The van der Waals surface area contributed by atoms with Crippen molar-refractivity contribution in [2.24, 2.45) is 0 Å². The van der Waals surface area contributed by atoms with E-state index in [-0.39, 0.29) is 5.02 Å². The Labute approximate surface area is 252 Å². The standard InChI is InChI=1S/C29H37ClF3N5O2.C2H6/c1-3-5-9-25-23(8-4-2)17-24(38-20-36-37-21-38)18-28(25)39-15-7-14-34-12-6-13-35-19-22-10-11-27(26(30)16-22)40-29(31,32)33;1-2/h5,9-11,16-18,20-21,34-35H,3-4,6-8,12-15,19H2,1-2H3;1-2H3/b9-5-;. The second-order valence-corrected chi connectivity index (χ2v) is 9.65. The van der Waals surface area contributed by atoms with Crippen LogP contribution in [-0.2, 0) is 13.0 Å². The smallest absolute Gasteiger partial charge is 0.493 e. The number of benzene rings is 2. The van der Waals surface area contributed by atoms with E-state index in [2.05, 4.69) is 57.6 Å². The Bertz CT molecular complexity index is 1200. The molecule has 0 unspecified atom stereocenters. The number of aromatic nitrogens is 3. The van der Waals surface area contributed by atoms with E-state index in [1.54, 1.807) is 18.7 Å². The Morgan fingerprint density at radius 1 is 0.952 bits per heavy atom. The van der Waals surface area contributed by atoms with Crippen molar-refractivity contribution in [3.63, 3.8) is 0 Å². The second-order valence-electron chi connectivity index (χ2n) is 9.24. The van der Waals surface area contributed by atoms with Gasteiger partial charge in [-0.2, -0.15) is 0 Å². The van der Waals surface area contributed by atoms with E-state index in [4.69, 9.17) is 16.3 Å². The molecule has 0 saturated carbocycles. The van der Waals surface area contributed by atoms with Gasteiger partial charge in [0.05, 0.1) is 17.3 Å². The summed E-state index contributed by atoms with van der Waals surface area (Å²) in [7, 11) is 0. The maximum Gasteiger partial charge on any atom is 0.573 e. The number of nitrogens with one attached hydrogen (secondary N) is 2. The highest BCUT2D eigenvalue weighted by Crippen LogP contribution is 2.31. The van der Waals surface area contributed by atoms with E-state index < -0.39 is 12.1 Å². The summed E-state index contributed by atoms with van der Waals surface area (Å²) < 4.78 is 49.1. The predicted molar refractivity (Wildman–Crippen MR) is 163 cm³/mol. The first-order chi connectivity index (χ1) is 20.3. The highest BCUT2D eigenvalue weighted by molar-refractivity contribution is 6.32. The molecule has 0 aliphatic carbocycles. The first kappa shape index (κ1) is 35.1. The molecule has 2 N–H and O–H groups in total. The predicted octanol–water partition coefficient (Wildman–Crippen LogP) is 7.76. The fourth-order valence-corrected chi connectivity index (χ4v) is 4.35. The minimum Gasteiger partial charge on any atom is -0.493 e. The van der Waals surface area contributed by atoms with Gasteiger partial charge in [-0.05, 0) is 74.6 Å². The summed E-state index contributed by atoms with van der Waals surface area (Å²) in [5.74, 6) is 0.464. The molecule has 1 aromatic heterocycles. The Kier molecular flexibility index (Phi) is 16.0. The number of rotatable bonds is 17. The zero-order valence-corrected chi connectivity index (χ0v) is 25.7. The van der Waals surface area contributed by atoms with Crippen LogP contribution in [0.5, 0.6) is 11.5 Å². The lowest BCUT2D eigenvalue weighted by Gasteiger charge is -2.16. The van der Waals surface area contributed by atoms with Crippen molar-refractivity contribution in [1.82, 2.24) is 25.4 Å². The number of ether oxygens (including phenoxy) is 2. The molecule has 0 spiro atoms. The van der Waals surface area contributed by atoms with E-state index in [0.29, 0.717) is 13.2 Å². The zero-order valence-electron chi connectivity index (χ0n) is 24.9. The summed E-state index contributed by atoms with van der Waals surface area (Å²) in [5.41, 5.74) is 4.14. The van der Waals surface area contributed by atoms with Crippen LogP contribution in [0, 0.1) is 0 Å². The molecule has 0 amide bonds. The lowest BCUT2D eigenvalue weighted by atomic mass is 10.00. The van der Waals surface area contributed by atoms with E-state index in [0.717, 1.165) is 74.3 Å². The number of aryl methyl sites for hydroxylation is 1. The minimum absolute atomic E-state index is 0.0685. The fraction of sp³-hybridized carbons (Fsp3) is 0.484. The second kappa shape index (κ2) is 19.2. The third kappa shape index (κ3) is 12.4. The van der Waals surface area contributed by atoms with Crippen LogP contribution in [0.2, 0.25) is 5.02 Å². The highest BCUT2D eigenvalue weighted by atomic mass is 35.5. The van der Waals surface area contributed by atoms with Crippen molar-refractivity contribution in [3.8, 4) is 17.2 Å². The van der Waals surface area contributed by atoms with Crippen molar-refractivity contribution in [2.75, 3.05) is 26.2 Å². The van der Waals surface area contributed by atoms with Gasteiger partial charge in [0.2, 0.25) is 0 Å². The normalized spacial score (nSPS) is 11.4. The monoisotopic (exact) mass is 609 g/mol. The van der Waals surface area contributed by atoms with Gasteiger partial charge in [0.25, 0.3) is 0 Å². The van der Waals surface area contributed by atoms with E-state index in [1.807, 2.05) is 24.5 Å². The molecule has 0 aliphatic rings. The minimum atomic E-state index is -4.76. The Balaban J connectivity index is 0.00000301. The Hall–Kier alpha value is -3.08. The van der Waals surface area contributed by atoms with Crippen molar-refractivity contribution in [3.05, 3.63) is 70.8 Å². The molecule has 3 aromatic rings. The summed E-state index contributed by atoms with van der Waals surface area (Å²) in [6.45, 7) is 11.8. The van der Waals surface area contributed by atoms with Gasteiger partial charge in [0.1, 0.15) is 24.2 Å². The molecule has 0 atom stereocenters. The van der Waals surface area contributed by atoms with Gasteiger partial charge >= 0.3 is 6.36 Å². The molecule has 7 nitrogen and oxygen atoms in total. The number of allylic oxidation sites excluding steroid dienone is 1. The SMILES string of the molecule is CC.CC/C=C\c1c(CCC)cc(-n2cnnc2)cc1OCCCNCCCNCc1ccc(OC(F)(F)F)c(Cl)c1. The summed E-state index contributed by atoms with van der Waals surface area (Å²) in [5, 5.41) is 14.5. The van der Waals surface area contributed by atoms with Gasteiger partial charge in [-0.15, -0.1) is 23.4 Å². The van der Waals surface area contributed by atoms with Gasteiger partial charge < -0.3 is 20.1 Å². The molecule has 0 saturated heterocycles. The molecular formula is C31H43ClF3N5O2. The van der Waals surface area contributed by atoms with Gasteiger partial charge in [0.15, 0.2) is 0 Å². The van der Waals surface area contributed by atoms with Crippen molar-refractivity contribution in [1.29, 1.82) is 0 Å². The van der Waals surface area contributed by atoms with Crippen LogP contribution >= 0.6 is 11.6 Å². The molecule has 0 bridgehead atoms. The van der Waals surface area contributed by atoms with Gasteiger partial charge in [-0.3, -0.25) is 4.57 Å². The van der Waals surface area contributed by atoms with E-state index >= 15 is 0 Å². The molecule has 11 heteroatoms. The van der Waals surface area contributed by atoms with Crippen LogP contribution in [0.4, 0.5) is 13.2 Å². The molecule has 0 radical (unpaired) electrons. The largest absolute Gasteiger partial charge is 0.573 e. The highest BCUT2D eigenvalue weighted by Gasteiger charge is 2.32. The van der Waals surface area contributed by atoms with Crippen LogP contribution in [0.25, 0.3) is 11.8 Å². The topological polar surface area (TPSA) is 73.2 Å². The van der Waals surface area contributed by atoms with Crippen LogP contribution in [0.3, 0.4) is 0 Å². The van der Waals surface area contributed by atoms with Crippen LogP contribution in [0.15, 0.2) is 49.1 Å². The number of nitrogens with zero attached hydrogens (tertiary/aromatic N) is 3. The van der Waals surface area contributed by atoms with E-state index in [1.165, 1.54) is 17.7 Å². The lowest BCUT2D eigenvalue weighted by molar-refractivity contribution is -0.274. The quantitative estimate of drug-likeness (QED) is 0.152. The molecule has 0 aliphatic heterocycles. The molecule has 3 rings (SSSR count). The third-order valence-electron chi connectivity index (χ3n) is 5.98. The van der Waals surface area contributed by atoms with Crippen molar-refractivity contribution < 1.29 is 22.6 Å². The Morgan fingerprint density at radius 2 is 1.67 bits per heavy atom. The molecule has 42 heavy (non-hydrogen) atoms. The van der Waals surface area contributed by atoms with Crippen molar-refractivity contribution >= 4 is 17.7 Å². The molecule has 232 valence electrons. The molecular weight excluding hydrogens is 567 g/mol. The number of hydrogen-bond donors (Lipinski definition) is 2. The lowest BCUT2D eigenvalue weighted by Crippen LogP contribution is -2.23. The van der Waals surface area contributed by atoms with Crippen LogP contribution in [0.1, 0.15) is 70.1 Å².